The smallest absolute Gasteiger partial charge is 0.257 e. The molecule has 1 atom stereocenters. The predicted octanol–water partition coefficient (Wildman–Crippen LogP) is 4.96. The van der Waals surface area contributed by atoms with Crippen molar-refractivity contribution in [2.24, 2.45) is 0 Å². The number of benzene rings is 3. The van der Waals surface area contributed by atoms with Crippen molar-refractivity contribution in [3.05, 3.63) is 108 Å². The average Bonchev–Trinajstić information content (AvgIpc) is 3.40. The van der Waals surface area contributed by atoms with Crippen molar-refractivity contribution >= 4 is 29.0 Å². The molecule has 2 aliphatic heterocycles. The van der Waals surface area contributed by atoms with E-state index in [1.807, 2.05) is 73.7 Å². The van der Waals surface area contributed by atoms with Gasteiger partial charge in [-0.05, 0) is 67.1 Å². The summed E-state index contributed by atoms with van der Waals surface area (Å²) in [7, 11) is 0. The zero-order chi connectivity index (χ0) is 30.6. The maximum atomic E-state index is 13.1. The summed E-state index contributed by atoms with van der Waals surface area (Å²) in [5, 5.41) is 6.00. The van der Waals surface area contributed by atoms with E-state index >= 15 is 0 Å². The number of aromatic nitrogens is 1. The zero-order valence-corrected chi connectivity index (χ0v) is 24.9. The minimum Gasteiger partial charge on any atom is -0.397 e. The molecule has 2 fully saturated rings. The maximum absolute atomic E-state index is 13.1. The van der Waals surface area contributed by atoms with Crippen LogP contribution in [0.5, 0.6) is 0 Å². The van der Waals surface area contributed by atoms with Crippen molar-refractivity contribution in [3.63, 3.8) is 0 Å². The number of hydrogen-bond donors (Lipinski definition) is 4. The molecule has 0 saturated carbocycles. The molecule has 2 amide bonds. The Kier molecular flexibility index (Phi) is 8.32. The van der Waals surface area contributed by atoms with Gasteiger partial charge in [0.15, 0.2) is 0 Å². The van der Waals surface area contributed by atoms with Crippen LogP contribution in [0.3, 0.4) is 0 Å². The predicted molar refractivity (Wildman–Crippen MR) is 173 cm³/mol. The molecule has 1 aromatic heterocycles. The van der Waals surface area contributed by atoms with Gasteiger partial charge < -0.3 is 21.3 Å². The van der Waals surface area contributed by atoms with E-state index in [0.717, 1.165) is 49.3 Å². The Hall–Kier alpha value is -4.73. The highest BCUT2D eigenvalue weighted by Crippen LogP contribution is 2.39. The number of pyridine rings is 1. The van der Waals surface area contributed by atoms with E-state index in [9.17, 15) is 9.59 Å². The second-order valence-electron chi connectivity index (χ2n) is 11.9. The SMILES string of the molecule is CC1(C(=O)NCCc2ccccc2)CC2(CCN(c3ccc(C(=O)Nc4cc(-c5ccccc5)ccc4N)cn3)CC2)ON1. The number of rotatable bonds is 8. The van der Waals surface area contributed by atoms with Gasteiger partial charge in [-0.2, -0.15) is 5.48 Å². The third-order valence-electron chi connectivity index (χ3n) is 8.63. The largest absolute Gasteiger partial charge is 0.397 e. The fourth-order valence-corrected chi connectivity index (χ4v) is 6.02. The molecule has 3 heterocycles. The molecule has 0 bridgehead atoms. The fraction of sp³-hybridized carbons (Fsp3) is 0.286. The molecule has 9 heteroatoms. The van der Waals surface area contributed by atoms with Gasteiger partial charge in [-0.1, -0.05) is 66.7 Å². The van der Waals surface area contributed by atoms with Gasteiger partial charge >= 0.3 is 0 Å². The Labute approximate surface area is 257 Å². The van der Waals surface area contributed by atoms with Crippen molar-refractivity contribution in [1.29, 1.82) is 0 Å². The van der Waals surface area contributed by atoms with Crippen LogP contribution in [0.25, 0.3) is 11.1 Å². The number of hydroxylamine groups is 1. The molecule has 226 valence electrons. The highest BCUT2D eigenvalue weighted by molar-refractivity contribution is 6.06. The van der Waals surface area contributed by atoms with Crippen molar-refractivity contribution in [3.8, 4) is 11.1 Å². The normalized spacial score (nSPS) is 19.1. The summed E-state index contributed by atoms with van der Waals surface area (Å²) in [5.41, 5.74) is 12.7. The summed E-state index contributed by atoms with van der Waals surface area (Å²) in [6.07, 6.45) is 4.50. The van der Waals surface area contributed by atoms with Crippen LogP contribution >= 0.6 is 0 Å². The van der Waals surface area contributed by atoms with Crippen LogP contribution in [0, 0.1) is 0 Å². The number of nitrogens with two attached hydrogens (primary N) is 1. The minimum atomic E-state index is -0.782. The van der Waals surface area contributed by atoms with E-state index in [2.05, 4.69) is 38.1 Å². The Bertz CT molecular complexity index is 1610. The molecule has 3 aromatic carbocycles. The van der Waals surface area contributed by atoms with E-state index in [4.69, 9.17) is 10.6 Å². The van der Waals surface area contributed by atoms with Crippen LogP contribution in [-0.4, -0.2) is 47.6 Å². The summed E-state index contributed by atoms with van der Waals surface area (Å²) in [4.78, 5) is 39.0. The summed E-state index contributed by atoms with van der Waals surface area (Å²) in [5.74, 6) is 0.483. The number of amides is 2. The quantitative estimate of drug-likeness (QED) is 0.214. The first kappa shape index (κ1) is 29.3. The van der Waals surface area contributed by atoms with Crippen molar-refractivity contribution in [2.45, 2.75) is 43.7 Å². The van der Waals surface area contributed by atoms with Gasteiger partial charge in [0.05, 0.1) is 22.5 Å². The third-order valence-corrected chi connectivity index (χ3v) is 8.63. The van der Waals surface area contributed by atoms with Crippen LogP contribution < -0.4 is 26.7 Å². The van der Waals surface area contributed by atoms with Crippen molar-refractivity contribution < 1.29 is 14.4 Å². The number of hydrogen-bond acceptors (Lipinski definition) is 7. The third kappa shape index (κ3) is 6.44. The van der Waals surface area contributed by atoms with E-state index < -0.39 is 11.1 Å². The lowest BCUT2D eigenvalue weighted by Gasteiger charge is -2.38. The Morgan fingerprint density at radius 2 is 1.68 bits per heavy atom. The van der Waals surface area contributed by atoms with Gasteiger partial charge in [-0.15, -0.1) is 0 Å². The molecule has 1 spiro atoms. The second-order valence-corrected chi connectivity index (χ2v) is 11.9. The second kappa shape index (κ2) is 12.5. The molecule has 2 saturated heterocycles. The number of piperidine rings is 1. The van der Waals surface area contributed by atoms with E-state index in [1.165, 1.54) is 5.56 Å². The van der Waals surface area contributed by atoms with Crippen LogP contribution in [0.4, 0.5) is 17.2 Å². The van der Waals surface area contributed by atoms with Gasteiger partial charge in [-0.3, -0.25) is 14.4 Å². The molecule has 5 N–H and O–H groups in total. The molecule has 44 heavy (non-hydrogen) atoms. The number of nitrogens with one attached hydrogen (secondary N) is 3. The number of anilines is 3. The van der Waals surface area contributed by atoms with Gasteiger partial charge in [0.25, 0.3) is 5.91 Å². The lowest BCUT2D eigenvalue weighted by Crippen LogP contribution is -2.51. The summed E-state index contributed by atoms with van der Waals surface area (Å²) >= 11 is 0. The lowest BCUT2D eigenvalue weighted by atomic mass is 9.81. The number of nitrogens with zero attached hydrogens (tertiary/aromatic N) is 2. The maximum Gasteiger partial charge on any atom is 0.257 e. The first-order valence-electron chi connectivity index (χ1n) is 15.1. The van der Waals surface area contributed by atoms with Crippen LogP contribution in [0.1, 0.15) is 42.1 Å². The zero-order valence-electron chi connectivity index (χ0n) is 24.9. The van der Waals surface area contributed by atoms with Gasteiger partial charge in [0.1, 0.15) is 11.4 Å². The topological polar surface area (TPSA) is 122 Å². The van der Waals surface area contributed by atoms with E-state index in [0.29, 0.717) is 29.9 Å². The minimum absolute atomic E-state index is 0.0446. The lowest BCUT2D eigenvalue weighted by molar-refractivity contribution is -0.130. The van der Waals surface area contributed by atoms with Crippen LogP contribution in [0.15, 0.2) is 97.2 Å². The van der Waals surface area contributed by atoms with Crippen molar-refractivity contribution in [1.82, 2.24) is 15.8 Å². The summed E-state index contributed by atoms with van der Waals surface area (Å²) in [6.45, 7) is 3.94. The molecule has 1 unspecified atom stereocenters. The monoisotopic (exact) mass is 590 g/mol. The Balaban J connectivity index is 1.02. The summed E-state index contributed by atoms with van der Waals surface area (Å²) < 4.78 is 0. The van der Waals surface area contributed by atoms with Crippen LogP contribution in [0.2, 0.25) is 0 Å². The Morgan fingerprint density at radius 3 is 2.39 bits per heavy atom. The summed E-state index contributed by atoms with van der Waals surface area (Å²) in [6, 6.07) is 29.3. The molecule has 0 aliphatic carbocycles. The van der Waals surface area contributed by atoms with Gasteiger partial charge in [-0.25, -0.2) is 4.98 Å². The van der Waals surface area contributed by atoms with Crippen LogP contribution in [-0.2, 0) is 16.1 Å². The molecular weight excluding hydrogens is 552 g/mol. The molecule has 4 aromatic rings. The van der Waals surface area contributed by atoms with Gasteiger partial charge in [0.2, 0.25) is 5.91 Å². The molecular formula is C35H38N6O3. The molecule has 6 rings (SSSR count). The highest BCUT2D eigenvalue weighted by Gasteiger charge is 2.52. The first-order valence-corrected chi connectivity index (χ1v) is 15.1. The van der Waals surface area contributed by atoms with Gasteiger partial charge in [0, 0.05) is 32.3 Å². The van der Waals surface area contributed by atoms with E-state index in [-0.39, 0.29) is 11.8 Å². The number of nitrogen functional groups attached to an aromatic ring is 1. The molecule has 9 nitrogen and oxygen atoms in total. The molecule has 0 radical (unpaired) electrons. The Morgan fingerprint density at radius 1 is 0.955 bits per heavy atom. The number of carbonyl (C=O) groups excluding carboxylic acids is 2. The van der Waals surface area contributed by atoms with Crippen molar-refractivity contribution in [2.75, 3.05) is 35.6 Å². The average molecular weight is 591 g/mol. The fourth-order valence-electron chi connectivity index (χ4n) is 6.02. The molecule has 2 aliphatic rings. The highest BCUT2D eigenvalue weighted by atomic mass is 16.7. The number of carbonyl (C=O) groups is 2. The standard InChI is InChI=1S/C35H38N6O3/c1-34(33(43)37-19-16-25-8-4-2-5-9-25)24-35(44-40-34)17-20-41(21-18-35)31-15-13-28(23-38-31)32(42)39-30-22-27(12-14-29(30)36)26-10-6-3-7-11-26/h2-15,22-23,40H,16-21,24,36H2,1H3,(H,37,43)(H,39,42). The first-order chi connectivity index (χ1) is 21.3. The van der Waals surface area contributed by atoms with E-state index in [1.54, 1.807) is 18.3 Å².